The number of nitrogens with zero attached hydrogens (tertiary/aromatic N) is 7. The number of aromatic nitrogens is 5. The van der Waals surface area contributed by atoms with Gasteiger partial charge in [-0.15, -0.1) is 0 Å². The minimum Gasteiger partial charge on any atom is -0.481 e. The molecule has 2 aromatic carbocycles. The summed E-state index contributed by atoms with van der Waals surface area (Å²) in [6.45, 7) is 8.30. The Bertz CT molecular complexity index is 2500. The molecular weight excluding hydrogens is 767 g/mol. The lowest BCUT2D eigenvalue weighted by atomic mass is 9.80. The molecule has 0 radical (unpaired) electrons. The highest BCUT2D eigenvalue weighted by Gasteiger charge is 2.57. The Kier molecular flexibility index (Phi) is 10.5. The maximum Gasteiger partial charge on any atom is 0.309 e. The summed E-state index contributed by atoms with van der Waals surface area (Å²) in [6, 6.07) is 13.5. The van der Waals surface area contributed by atoms with Crippen LogP contribution >= 0.6 is 0 Å². The van der Waals surface area contributed by atoms with Gasteiger partial charge in [-0.1, -0.05) is 30.3 Å². The number of hydrogen-bond acceptors (Lipinski definition) is 10. The number of nitrogens with one attached hydrogen (secondary N) is 1. The summed E-state index contributed by atoms with van der Waals surface area (Å²) in [7, 11) is 1.93. The fourth-order valence-electron chi connectivity index (χ4n) is 10.5. The van der Waals surface area contributed by atoms with Crippen molar-refractivity contribution in [2.24, 2.45) is 17.9 Å². The number of likely N-dealkylation sites (tertiary alicyclic amines) is 1. The highest BCUT2D eigenvalue weighted by atomic mass is 19.3. The third-order valence-corrected chi connectivity index (χ3v) is 14.1. The van der Waals surface area contributed by atoms with Crippen LogP contribution in [0.4, 0.5) is 20.3 Å². The standard InChI is InChI=1S/C46H52F2N8O4/c1-27-30(21-38(58)43-52-36-25-55(18-11-37(36)54(43)3)19-16-45-12-14-46(26-45,15-13-45)44(59)60)6-4-7-32(27)33-8-5-9-34(28(33)2)50-41-39-35(51-42(53-41)40(47)48)20-29(22-49-39)23-56-17-10-31(57)24-56/h4-9,20,22,31,40,57H,10-19,21,23-26H2,1-3H3,(H,59,60)(H,50,51,53)/t31-,45?,46?/m0/s1. The van der Waals surface area contributed by atoms with Gasteiger partial charge >= 0.3 is 5.97 Å². The number of carboxylic acids is 1. The monoisotopic (exact) mass is 818 g/mol. The van der Waals surface area contributed by atoms with Crippen LogP contribution in [-0.2, 0) is 37.8 Å². The summed E-state index contributed by atoms with van der Waals surface area (Å²) in [5.74, 6) is -0.617. The molecule has 60 heavy (non-hydrogen) atoms. The van der Waals surface area contributed by atoms with Crippen molar-refractivity contribution >= 4 is 34.3 Å². The Morgan fingerprint density at radius 3 is 2.47 bits per heavy atom. The van der Waals surface area contributed by atoms with Crippen molar-refractivity contribution in [3.63, 3.8) is 0 Å². The molecule has 5 heterocycles. The molecule has 2 saturated carbocycles. The number of benzene rings is 2. The van der Waals surface area contributed by atoms with E-state index in [9.17, 15) is 28.6 Å². The molecule has 3 aromatic heterocycles. The second-order valence-electron chi connectivity index (χ2n) is 17.8. The highest BCUT2D eigenvalue weighted by molar-refractivity contribution is 5.95. The molecule has 4 aliphatic rings. The number of halogens is 2. The maximum atomic E-state index is 14.1. The van der Waals surface area contributed by atoms with Crippen molar-refractivity contribution in [1.29, 1.82) is 0 Å². The van der Waals surface area contributed by atoms with Crippen molar-refractivity contribution in [3.8, 4) is 11.1 Å². The number of carbonyl (C=O) groups excluding carboxylic acids is 1. The fraction of sp³-hybridized carbons (Fsp3) is 0.478. The molecule has 2 aliphatic carbocycles. The number of fused-ring (bicyclic) bond motifs is 4. The van der Waals surface area contributed by atoms with Crippen LogP contribution in [0.5, 0.6) is 0 Å². The van der Waals surface area contributed by atoms with Gasteiger partial charge in [0.05, 0.1) is 22.7 Å². The molecule has 0 spiro atoms. The van der Waals surface area contributed by atoms with Crippen LogP contribution in [-0.4, -0.2) is 88.6 Å². The largest absolute Gasteiger partial charge is 0.481 e. The number of anilines is 2. The fourth-order valence-corrected chi connectivity index (χ4v) is 10.5. The van der Waals surface area contributed by atoms with Gasteiger partial charge in [0.1, 0.15) is 5.52 Å². The van der Waals surface area contributed by atoms with E-state index < -0.39 is 23.6 Å². The topological polar surface area (TPSA) is 150 Å². The first-order valence-electron chi connectivity index (χ1n) is 21.1. The van der Waals surface area contributed by atoms with E-state index in [-0.39, 0.29) is 29.5 Å². The van der Waals surface area contributed by atoms with Gasteiger partial charge in [0, 0.05) is 70.2 Å². The van der Waals surface area contributed by atoms with E-state index >= 15 is 0 Å². The van der Waals surface area contributed by atoms with Gasteiger partial charge in [0.15, 0.2) is 17.5 Å². The smallest absolute Gasteiger partial charge is 0.309 e. The zero-order valence-electron chi connectivity index (χ0n) is 34.5. The van der Waals surface area contributed by atoms with Crippen LogP contribution in [0.3, 0.4) is 0 Å². The number of ketones is 1. The summed E-state index contributed by atoms with van der Waals surface area (Å²) in [5.41, 5.74) is 8.49. The Balaban J connectivity index is 0.907. The van der Waals surface area contributed by atoms with Crippen molar-refractivity contribution < 1.29 is 28.6 Å². The van der Waals surface area contributed by atoms with Crippen molar-refractivity contribution in [2.45, 2.75) is 97.3 Å². The van der Waals surface area contributed by atoms with Crippen molar-refractivity contribution in [1.82, 2.24) is 34.3 Å². The van der Waals surface area contributed by atoms with Gasteiger partial charge in [-0.25, -0.2) is 23.7 Å². The molecule has 2 bridgehead atoms. The molecule has 12 nitrogen and oxygen atoms in total. The predicted octanol–water partition coefficient (Wildman–Crippen LogP) is 7.50. The number of Topliss-reactive ketones (excluding diaryl/α,β-unsaturated/α-hetero) is 1. The summed E-state index contributed by atoms with van der Waals surface area (Å²) in [5, 5.41) is 23.1. The number of pyridine rings is 1. The highest BCUT2D eigenvalue weighted by Crippen LogP contribution is 2.63. The van der Waals surface area contributed by atoms with E-state index in [1.807, 2.05) is 61.9 Å². The number of rotatable bonds is 13. The number of β-amino-alcohol motifs (C(OH)–C–C–N with tert-alkyl or cyclic N) is 1. The van der Waals surface area contributed by atoms with E-state index in [2.05, 4.69) is 30.1 Å². The minimum absolute atomic E-state index is 0.0502. The third-order valence-electron chi connectivity index (χ3n) is 14.1. The van der Waals surface area contributed by atoms with Crippen molar-refractivity contribution in [3.05, 3.63) is 94.0 Å². The van der Waals surface area contributed by atoms with E-state index in [0.717, 1.165) is 109 Å². The van der Waals surface area contributed by atoms with Gasteiger partial charge < -0.3 is 20.1 Å². The van der Waals surface area contributed by atoms with Crippen LogP contribution in [0.25, 0.3) is 22.2 Å². The summed E-state index contributed by atoms with van der Waals surface area (Å²) >= 11 is 0. The average Bonchev–Trinajstić information content (AvgIpc) is 4.01. The number of imidazole rings is 1. The van der Waals surface area contributed by atoms with Crippen LogP contribution in [0.15, 0.2) is 48.7 Å². The van der Waals surface area contributed by atoms with E-state index in [1.165, 1.54) is 0 Å². The Morgan fingerprint density at radius 2 is 1.75 bits per heavy atom. The lowest BCUT2D eigenvalue weighted by Gasteiger charge is -2.32. The normalized spacial score (nSPS) is 22.9. The van der Waals surface area contributed by atoms with Gasteiger partial charge in [0.25, 0.3) is 6.43 Å². The van der Waals surface area contributed by atoms with Gasteiger partial charge in [-0.05, 0) is 116 Å². The van der Waals surface area contributed by atoms with E-state index in [1.54, 1.807) is 12.3 Å². The second-order valence-corrected chi connectivity index (χ2v) is 17.8. The van der Waals surface area contributed by atoms with Crippen LogP contribution < -0.4 is 5.32 Å². The van der Waals surface area contributed by atoms with Crippen LogP contribution in [0, 0.1) is 24.7 Å². The molecule has 0 amide bonds. The van der Waals surface area contributed by atoms with E-state index in [4.69, 9.17) is 4.98 Å². The number of hydrogen-bond donors (Lipinski definition) is 3. The third kappa shape index (κ3) is 7.47. The summed E-state index contributed by atoms with van der Waals surface area (Å²) < 4.78 is 30.2. The molecule has 14 heteroatoms. The lowest BCUT2D eigenvalue weighted by Crippen LogP contribution is -2.34. The SMILES string of the molecule is Cc1c(CC(=O)c2nc3c(n2C)CCN(CCC24CCC(C(=O)O)(CC2)C4)C3)cccc1-c1cccc(Nc2nc(C(F)F)nc3cc(CN4CC[C@H](O)C4)cnc23)c1C. The van der Waals surface area contributed by atoms with Gasteiger partial charge in [-0.2, -0.15) is 0 Å². The maximum absolute atomic E-state index is 14.1. The number of aliphatic hydroxyl groups excluding tert-OH is 1. The zero-order valence-corrected chi connectivity index (χ0v) is 34.5. The Hall–Kier alpha value is -5.18. The molecule has 314 valence electrons. The lowest BCUT2D eigenvalue weighted by molar-refractivity contribution is -0.148. The Morgan fingerprint density at radius 1 is 0.983 bits per heavy atom. The summed E-state index contributed by atoms with van der Waals surface area (Å²) in [6.07, 6.45) is 5.55. The average molecular weight is 819 g/mol. The predicted molar refractivity (Wildman–Crippen MR) is 223 cm³/mol. The molecule has 1 saturated heterocycles. The summed E-state index contributed by atoms with van der Waals surface area (Å²) in [4.78, 5) is 48.4. The molecule has 0 unspecified atom stereocenters. The first-order chi connectivity index (χ1) is 28.8. The number of aliphatic hydroxyl groups is 1. The zero-order chi connectivity index (χ0) is 41.9. The Labute approximate surface area is 348 Å². The number of carbonyl (C=O) groups is 2. The molecule has 9 rings (SSSR count). The molecule has 2 aliphatic heterocycles. The molecule has 3 N–H and O–H groups in total. The minimum atomic E-state index is -2.88. The van der Waals surface area contributed by atoms with Gasteiger partial charge in [0.2, 0.25) is 5.78 Å². The van der Waals surface area contributed by atoms with Crippen molar-refractivity contribution in [2.75, 3.05) is 31.5 Å². The van der Waals surface area contributed by atoms with Crippen LogP contribution in [0.2, 0.25) is 0 Å². The van der Waals surface area contributed by atoms with Gasteiger partial charge in [-0.3, -0.25) is 24.4 Å². The number of carboxylic acid groups (broad SMARTS) is 1. The second kappa shape index (κ2) is 15.7. The first-order valence-corrected chi connectivity index (χ1v) is 21.1. The molecule has 1 atom stereocenters. The first kappa shape index (κ1) is 40.2. The van der Waals surface area contributed by atoms with Crippen LogP contribution in [0.1, 0.15) is 101 Å². The van der Waals surface area contributed by atoms with E-state index in [0.29, 0.717) is 48.6 Å². The molecule has 3 fully saturated rings. The molecular formula is C46H52F2N8O4. The number of alkyl halides is 2. The number of aliphatic carboxylic acids is 1. The quantitative estimate of drug-likeness (QED) is 0.101. The molecule has 5 aromatic rings.